The number of carbonyl (C=O) groups excluding carboxylic acids is 2. The highest BCUT2D eigenvalue weighted by molar-refractivity contribution is 7.99. The molecule has 33 heavy (non-hydrogen) atoms. The highest BCUT2D eigenvalue weighted by Gasteiger charge is 2.31. The minimum Gasteiger partial charge on any atom is -0.495 e. The molecule has 2 heterocycles. The minimum absolute atomic E-state index is 0.143. The Kier molecular flexibility index (Phi) is 6.96. The van der Waals surface area contributed by atoms with Gasteiger partial charge in [-0.05, 0) is 55.7 Å². The molecule has 2 aromatic rings. The summed E-state index contributed by atoms with van der Waals surface area (Å²) in [5, 5.41) is 2.82. The quantitative estimate of drug-likeness (QED) is 0.669. The predicted octanol–water partition coefficient (Wildman–Crippen LogP) is 3.26. The summed E-state index contributed by atoms with van der Waals surface area (Å²) in [6.07, 6.45) is 1.94. The number of methoxy groups -OCH3 is 1. The van der Waals surface area contributed by atoms with Crippen molar-refractivity contribution in [1.82, 2.24) is 4.31 Å². The number of benzene rings is 2. The maximum atomic E-state index is 13.1. The maximum absolute atomic E-state index is 13.1. The van der Waals surface area contributed by atoms with Gasteiger partial charge in [0.15, 0.2) is 0 Å². The fourth-order valence-corrected chi connectivity index (χ4v) is 6.53. The molecule has 0 bridgehead atoms. The summed E-state index contributed by atoms with van der Waals surface area (Å²) in [6.45, 7) is 2.68. The fraction of sp³-hybridized carbons (Fsp3) is 0.391. The number of fused-ring (bicyclic) bond motifs is 1. The normalized spacial score (nSPS) is 16.9. The Morgan fingerprint density at radius 2 is 1.91 bits per heavy atom. The van der Waals surface area contributed by atoms with Crippen LogP contribution < -0.4 is 15.0 Å². The molecule has 2 aliphatic heterocycles. The van der Waals surface area contributed by atoms with E-state index >= 15 is 0 Å². The van der Waals surface area contributed by atoms with Crippen LogP contribution in [0.4, 0.5) is 11.4 Å². The molecule has 8 nitrogen and oxygen atoms in total. The first-order valence-electron chi connectivity index (χ1n) is 10.8. The molecule has 10 heteroatoms. The molecule has 1 N–H and O–H groups in total. The van der Waals surface area contributed by atoms with Gasteiger partial charge in [0.05, 0.1) is 23.4 Å². The molecule has 0 unspecified atom stereocenters. The molecule has 0 atom stereocenters. The summed E-state index contributed by atoms with van der Waals surface area (Å²) in [5.41, 5.74) is 1.93. The molecule has 0 aliphatic carbocycles. The number of hydrogen-bond donors (Lipinski definition) is 1. The fourth-order valence-electron chi connectivity index (χ4n) is 4.01. The van der Waals surface area contributed by atoms with Crippen LogP contribution in [0, 0.1) is 6.92 Å². The molecular weight excluding hydrogens is 462 g/mol. The smallest absolute Gasteiger partial charge is 0.244 e. The van der Waals surface area contributed by atoms with E-state index in [9.17, 15) is 18.0 Å². The Labute approximate surface area is 198 Å². The van der Waals surface area contributed by atoms with E-state index in [0.29, 0.717) is 36.0 Å². The van der Waals surface area contributed by atoms with Gasteiger partial charge in [0, 0.05) is 30.2 Å². The van der Waals surface area contributed by atoms with Gasteiger partial charge in [-0.1, -0.05) is 6.07 Å². The summed E-state index contributed by atoms with van der Waals surface area (Å²) in [4.78, 5) is 28.1. The highest BCUT2D eigenvalue weighted by atomic mass is 32.2. The largest absolute Gasteiger partial charge is 0.495 e. The van der Waals surface area contributed by atoms with Gasteiger partial charge in [0.1, 0.15) is 12.3 Å². The number of carbonyl (C=O) groups is 2. The van der Waals surface area contributed by atoms with Crippen LogP contribution in [-0.2, 0) is 19.6 Å². The molecule has 176 valence electrons. The average Bonchev–Trinajstić information content (AvgIpc) is 3.29. The molecule has 0 spiro atoms. The molecule has 1 fully saturated rings. The number of rotatable bonds is 6. The average molecular weight is 490 g/mol. The standard InChI is InChI=1S/C23H27N3O5S2/c1-16-5-7-20(31-2)18(13-16)24-22(27)15-26-19-14-17(33(29,30)25-10-3-4-11-25)6-8-21(19)32-12-9-23(26)28/h5-8,13-14H,3-4,9-12,15H2,1-2H3,(H,24,27). The number of amides is 2. The van der Waals surface area contributed by atoms with Gasteiger partial charge in [-0.25, -0.2) is 8.42 Å². The second-order valence-corrected chi connectivity index (χ2v) is 11.1. The van der Waals surface area contributed by atoms with E-state index in [1.807, 2.05) is 13.0 Å². The van der Waals surface area contributed by atoms with Crippen molar-refractivity contribution in [3.63, 3.8) is 0 Å². The number of nitrogens with one attached hydrogen (secondary N) is 1. The van der Waals surface area contributed by atoms with Crippen molar-refractivity contribution in [2.24, 2.45) is 0 Å². The van der Waals surface area contributed by atoms with Gasteiger partial charge in [0.25, 0.3) is 0 Å². The van der Waals surface area contributed by atoms with E-state index in [0.717, 1.165) is 23.3 Å². The zero-order valence-corrected chi connectivity index (χ0v) is 20.3. The summed E-state index contributed by atoms with van der Waals surface area (Å²) < 4.78 is 33.0. The molecule has 1 saturated heterocycles. The lowest BCUT2D eigenvalue weighted by atomic mass is 10.2. The van der Waals surface area contributed by atoms with E-state index in [1.165, 1.54) is 34.1 Å². The second kappa shape index (κ2) is 9.74. The molecule has 2 amide bonds. The summed E-state index contributed by atoms with van der Waals surface area (Å²) in [5.74, 6) is 0.473. The van der Waals surface area contributed by atoms with Crippen LogP contribution in [0.25, 0.3) is 0 Å². The van der Waals surface area contributed by atoms with Crippen LogP contribution in [0.5, 0.6) is 5.75 Å². The van der Waals surface area contributed by atoms with Crippen LogP contribution >= 0.6 is 11.8 Å². The SMILES string of the molecule is COc1ccc(C)cc1NC(=O)CN1C(=O)CCSc2ccc(S(=O)(=O)N3CCCC3)cc21. The summed E-state index contributed by atoms with van der Waals surface area (Å²) in [6, 6.07) is 10.3. The third-order valence-corrected chi connectivity index (χ3v) is 8.69. The molecule has 0 radical (unpaired) electrons. The monoisotopic (exact) mass is 489 g/mol. The molecule has 2 aliphatic rings. The highest BCUT2D eigenvalue weighted by Crippen LogP contribution is 2.37. The number of thioether (sulfide) groups is 1. The zero-order chi connectivity index (χ0) is 23.6. The van der Waals surface area contributed by atoms with Gasteiger partial charge in [-0.15, -0.1) is 11.8 Å². The number of aryl methyl sites for hydroxylation is 1. The van der Waals surface area contributed by atoms with Gasteiger partial charge in [-0.3, -0.25) is 9.59 Å². The van der Waals surface area contributed by atoms with E-state index in [-0.39, 0.29) is 23.8 Å². The minimum atomic E-state index is -3.65. The van der Waals surface area contributed by atoms with E-state index in [2.05, 4.69) is 5.32 Å². The van der Waals surface area contributed by atoms with Crippen LogP contribution in [0.3, 0.4) is 0 Å². The molecule has 4 rings (SSSR count). The van der Waals surface area contributed by atoms with Crippen molar-refractivity contribution >= 4 is 45.0 Å². The van der Waals surface area contributed by atoms with Crippen molar-refractivity contribution in [2.75, 3.05) is 42.7 Å². The van der Waals surface area contributed by atoms with Crippen LogP contribution in [0.2, 0.25) is 0 Å². The topological polar surface area (TPSA) is 96.0 Å². The van der Waals surface area contributed by atoms with Crippen LogP contribution in [-0.4, -0.2) is 57.0 Å². The lowest BCUT2D eigenvalue weighted by Gasteiger charge is -2.24. The van der Waals surface area contributed by atoms with Crippen molar-refractivity contribution in [2.45, 2.75) is 36.0 Å². The molecular formula is C23H27N3O5S2. The number of anilines is 2. The molecule has 2 aromatic carbocycles. The second-order valence-electron chi connectivity index (χ2n) is 8.07. The van der Waals surface area contributed by atoms with Crippen molar-refractivity contribution in [3.8, 4) is 5.75 Å². The number of nitrogens with zero attached hydrogens (tertiary/aromatic N) is 2. The van der Waals surface area contributed by atoms with Crippen LogP contribution in [0.15, 0.2) is 46.2 Å². The Bertz CT molecular complexity index is 1180. The predicted molar refractivity (Wildman–Crippen MR) is 128 cm³/mol. The number of sulfonamides is 1. The van der Waals surface area contributed by atoms with Gasteiger partial charge >= 0.3 is 0 Å². The number of ether oxygens (including phenoxy) is 1. The van der Waals surface area contributed by atoms with E-state index in [1.54, 1.807) is 24.3 Å². The molecule has 0 saturated carbocycles. The first-order chi connectivity index (χ1) is 15.8. The van der Waals surface area contributed by atoms with Crippen molar-refractivity contribution in [1.29, 1.82) is 0 Å². The van der Waals surface area contributed by atoms with Gasteiger partial charge in [0.2, 0.25) is 21.8 Å². The van der Waals surface area contributed by atoms with Crippen molar-refractivity contribution in [3.05, 3.63) is 42.0 Å². The third kappa shape index (κ3) is 5.02. The Hall–Kier alpha value is -2.56. The number of hydrogen-bond acceptors (Lipinski definition) is 6. The Morgan fingerprint density at radius 3 is 2.64 bits per heavy atom. The zero-order valence-electron chi connectivity index (χ0n) is 18.7. The van der Waals surface area contributed by atoms with E-state index in [4.69, 9.17) is 4.74 Å². The van der Waals surface area contributed by atoms with Gasteiger partial charge < -0.3 is 15.0 Å². The lowest BCUT2D eigenvalue weighted by molar-refractivity contribution is -0.121. The van der Waals surface area contributed by atoms with E-state index < -0.39 is 15.9 Å². The Morgan fingerprint density at radius 1 is 1.15 bits per heavy atom. The summed E-state index contributed by atoms with van der Waals surface area (Å²) in [7, 11) is -2.12. The van der Waals surface area contributed by atoms with Gasteiger partial charge in [-0.2, -0.15) is 4.31 Å². The third-order valence-electron chi connectivity index (χ3n) is 5.73. The van der Waals surface area contributed by atoms with Crippen molar-refractivity contribution < 1.29 is 22.7 Å². The maximum Gasteiger partial charge on any atom is 0.244 e. The first-order valence-corrected chi connectivity index (χ1v) is 13.2. The lowest BCUT2D eigenvalue weighted by Crippen LogP contribution is -2.38. The first kappa shape index (κ1) is 23.6. The Balaban J connectivity index is 1.63. The summed E-state index contributed by atoms with van der Waals surface area (Å²) >= 11 is 1.49. The van der Waals surface area contributed by atoms with Crippen LogP contribution in [0.1, 0.15) is 24.8 Å². The molecule has 0 aromatic heterocycles.